The fourth-order valence-electron chi connectivity index (χ4n) is 1.77. The first-order valence-electron chi connectivity index (χ1n) is 6.79. The van der Waals surface area contributed by atoms with Crippen LogP contribution >= 0.6 is 0 Å². The first-order chi connectivity index (χ1) is 9.86. The second-order valence-electron chi connectivity index (χ2n) is 5.88. The van der Waals surface area contributed by atoms with Crippen molar-refractivity contribution >= 4 is 5.91 Å². The predicted octanol–water partition coefficient (Wildman–Crippen LogP) is 2.11. The lowest BCUT2D eigenvalue weighted by molar-refractivity contribution is -0.123. The van der Waals surface area contributed by atoms with Crippen molar-refractivity contribution in [1.29, 1.82) is 0 Å². The van der Waals surface area contributed by atoms with Crippen molar-refractivity contribution in [3.05, 3.63) is 42.5 Å². The van der Waals surface area contributed by atoms with Gasteiger partial charge in [0.15, 0.2) is 6.10 Å². The van der Waals surface area contributed by atoms with Crippen LogP contribution in [0.1, 0.15) is 33.3 Å². The predicted molar refractivity (Wildman–Crippen MR) is 79.6 cm³/mol. The van der Waals surface area contributed by atoms with Gasteiger partial charge in [-0.05, 0) is 30.0 Å². The van der Waals surface area contributed by atoms with Crippen molar-refractivity contribution in [1.82, 2.24) is 14.9 Å². The van der Waals surface area contributed by atoms with E-state index in [4.69, 9.17) is 4.74 Å². The van der Waals surface area contributed by atoms with Crippen LogP contribution in [0.5, 0.6) is 5.75 Å². The molecule has 6 heteroatoms. The number of carbonyl (C=O) groups is 1. The molecule has 1 heterocycles. The largest absolute Gasteiger partial charge is 0.481 e. The van der Waals surface area contributed by atoms with Gasteiger partial charge >= 0.3 is 0 Å². The van der Waals surface area contributed by atoms with E-state index in [1.165, 1.54) is 22.9 Å². The number of rotatable bonds is 4. The third-order valence-corrected chi connectivity index (χ3v) is 3.06. The second kappa shape index (κ2) is 5.95. The Kier molecular flexibility index (Phi) is 4.26. The minimum Gasteiger partial charge on any atom is -0.481 e. The van der Waals surface area contributed by atoms with Gasteiger partial charge in [0.1, 0.15) is 18.4 Å². The summed E-state index contributed by atoms with van der Waals surface area (Å²) in [5, 5.41) is 7.22. The van der Waals surface area contributed by atoms with Crippen LogP contribution in [0.25, 0.3) is 0 Å². The smallest absolute Gasteiger partial charge is 0.279 e. The molecule has 0 radical (unpaired) electrons. The lowest BCUT2D eigenvalue weighted by Gasteiger charge is -2.20. The van der Waals surface area contributed by atoms with Crippen LogP contribution in [-0.4, -0.2) is 26.9 Å². The van der Waals surface area contributed by atoms with Crippen molar-refractivity contribution in [2.24, 2.45) is 0 Å². The van der Waals surface area contributed by atoms with E-state index in [1.54, 1.807) is 6.92 Å². The maximum atomic E-state index is 11.9. The molecule has 0 bridgehead atoms. The molecular weight excluding hydrogens is 268 g/mol. The summed E-state index contributed by atoms with van der Waals surface area (Å²) in [5.74, 6) is 0.393. The van der Waals surface area contributed by atoms with E-state index in [1.807, 2.05) is 24.3 Å². The Morgan fingerprint density at radius 3 is 2.29 bits per heavy atom. The number of nitrogens with zero attached hydrogens (tertiary/aromatic N) is 3. The lowest BCUT2D eigenvalue weighted by Crippen LogP contribution is -2.34. The maximum absolute atomic E-state index is 11.9. The van der Waals surface area contributed by atoms with E-state index in [-0.39, 0.29) is 11.3 Å². The molecule has 1 aromatic heterocycles. The Morgan fingerprint density at radius 2 is 1.76 bits per heavy atom. The summed E-state index contributed by atoms with van der Waals surface area (Å²) in [5.41, 5.74) is 3.92. The van der Waals surface area contributed by atoms with Crippen molar-refractivity contribution in [2.45, 2.75) is 39.2 Å². The number of nitrogens with one attached hydrogen (secondary N) is 1. The summed E-state index contributed by atoms with van der Waals surface area (Å²) in [6, 6.07) is 7.78. The number of hydrogen-bond donors (Lipinski definition) is 1. The van der Waals surface area contributed by atoms with Crippen molar-refractivity contribution < 1.29 is 9.53 Å². The number of ether oxygens (including phenoxy) is 1. The van der Waals surface area contributed by atoms with E-state index in [0.29, 0.717) is 5.75 Å². The Hall–Kier alpha value is -2.37. The van der Waals surface area contributed by atoms with E-state index < -0.39 is 6.10 Å². The van der Waals surface area contributed by atoms with Gasteiger partial charge in [-0.25, -0.2) is 4.68 Å². The molecule has 2 aromatic rings. The number of amides is 1. The van der Waals surface area contributed by atoms with Crippen molar-refractivity contribution in [2.75, 3.05) is 5.43 Å². The van der Waals surface area contributed by atoms with E-state index in [0.717, 1.165) is 0 Å². The van der Waals surface area contributed by atoms with Gasteiger partial charge in [0.25, 0.3) is 5.91 Å². The van der Waals surface area contributed by atoms with Crippen LogP contribution in [0.4, 0.5) is 0 Å². The molecule has 1 aromatic carbocycles. The van der Waals surface area contributed by atoms with Gasteiger partial charge in [-0.2, -0.15) is 0 Å². The van der Waals surface area contributed by atoms with Gasteiger partial charge in [0.05, 0.1) is 0 Å². The zero-order valence-electron chi connectivity index (χ0n) is 12.7. The molecule has 6 nitrogen and oxygen atoms in total. The monoisotopic (exact) mass is 288 g/mol. The first kappa shape index (κ1) is 15.0. The highest BCUT2D eigenvalue weighted by atomic mass is 16.5. The van der Waals surface area contributed by atoms with Gasteiger partial charge < -0.3 is 4.74 Å². The minimum absolute atomic E-state index is 0.0932. The van der Waals surface area contributed by atoms with E-state index in [9.17, 15) is 4.79 Å². The zero-order chi connectivity index (χ0) is 15.5. The maximum Gasteiger partial charge on any atom is 0.279 e. The van der Waals surface area contributed by atoms with Gasteiger partial charge in [0, 0.05) is 0 Å². The molecule has 0 aliphatic rings. The van der Waals surface area contributed by atoms with Crippen LogP contribution in [0.15, 0.2) is 36.9 Å². The third kappa shape index (κ3) is 4.05. The van der Waals surface area contributed by atoms with Crippen LogP contribution < -0.4 is 10.2 Å². The molecule has 112 valence electrons. The van der Waals surface area contributed by atoms with Crippen molar-refractivity contribution in [3.63, 3.8) is 0 Å². The fourth-order valence-corrected chi connectivity index (χ4v) is 1.77. The quantitative estimate of drug-likeness (QED) is 0.935. The molecule has 1 atom stereocenters. The summed E-state index contributed by atoms with van der Waals surface area (Å²) in [7, 11) is 0. The first-order valence-corrected chi connectivity index (χ1v) is 6.79. The highest BCUT2D eigenvalue weighted by Gasteiger charge is 2.16. The normalized spacial score (nSPS) is 12.8. The molecule has 1 amide bonds. The SMILES string of the molecule is CC(Oc1ccc(C(C)(C)C)cc1)C(=O)Nn1cnnc1. The molecule has 21 heavy (non-hydrogen) atoms. The average Bonchev–Trinajstić information content (AvgIpc) is 2.91. The molecule has 0 saturated carbocycles. The molecule has 1 N–H and O–H groups in total. The van der Waals surface area contributed by atoms with Crippen LogP contribution in [-0.2, 0) is 10.2 Å². The highest BCUT2D eigenvalue weighted by Crippen LogP contribution is 2.24. The number of benzene rings is 1. The average molecular weight is 288 g/mol. The van der Waals surface area contributed by atoms with E-state index in [2.05, 4.69) is 36.4 Å². The van der Waals surface area contributed by atoms with Crippen LogP contribution in [0.3, 0.4) is 0 Å². The molecule has 2 rings (SSSR count). The summed E-state index contributed by atoms with van der Waals surface area (Å²) >= 11 is 0. The Bertz CT molecular complexity index is 585. The summed E-state index contributed by atoms with van der Waals surface area (Å²) in [6.07, 6.45) is 2.19. The Labute approximate surface area is 124 Å². The lowest BCUT2D eigenvalue weighted by atomic mass is 9.87. The molecular formula is C15H20N4O2. The van der Waals surface area contributed by atoms with Crippen LogP contribution in [0.2, 0.25) is 0 Å². The Morgan fingerprint density at radius 1 is 1.19 bits per heavy atom. The molecule has 0 aliphatic heterocycles. The van der Waals surface area contributed by atoms with Gasteiger partial charge in [-0.3, -0.25) is 10.2 Å². The summed E-state index contributed by atoms with van der Waals surface area (Å²) in [4.78, 5) is 11.9. The van der Waals surface area contributed by atoms with Gasteiger partial charge in [-0.1, -0.05) is 32.9 Å². The molecule has 0 fully saturated rings. The topological polar surface area (TPSA) is 69.0 Å². The molecule has 0 saturated heterocycles. The number of aromatic nitrogens is 3. The minimum atomic E-state index is -0.618. The second-order valence-corrected chi connectivity index (χ2v) is 5.88. The van der Waals surface area contributed by atoms with Crippen LogP contribution in [0, 0.1) is 0 Å². The molecule has 0 spiro atoms. The van der Waals surface area contributed by atoms with Gasteiger partial charge in [0.2, 0.25) is 0 Å². The molecule has 0 aliphatic carbocycles. The fraction of sp³-hybridized carbons (Fsp3) is 0.400. The summed E-state index contributed by atoms with van der Waals surface area (Å²) in [6.45, 7) is 8.14. The standard InChI is InChI=1S/C15H20N4O2/c1-11(14(20)18-19-9-16-17-10-19)21-13-7-5-12(6-8-13)15(2,3)4/h5-11H,1-4H3,(H,18,20). The highest BCUT2D eigenvalue weighted by molar-refractivity contribution is 5.87. The number of hydrogen-bond acceptors (Lipinski definition) is 4. The Balaban J connectivity index is 1.96. The van der Waals surface area contributed by atoms with Gasteiger partial charge in [-0.15, -0.1) is 10.2 Å². The van der Waals surface area contributed by atoms with E-state index >= 15 is 0 Å². The molecule has 1 unspecified atom stereocenters. The zero-order valence-corrected chi connectivity index (χ0v) is 12.7. The third-order valence-electron chi connectivity index (χ3n) is 3.06. The summed E-state index contributed by atoms with van der Waals surface area (Å²) < 4.78 is 7.01. The van der Waals surface area contributed by atoms with Crippen molar-refractivity contribution in [3.8, 4) is 5.75 Å². The number of carbonyl (C=O) groups excluding carboxylic acids is 1.